The molecule has 0 aliphatic heterocycles. The van der Waals surface area contributed by atoms with Crippen LogP contribution in [0.4, 0.5) is 17.1 Å². The zero-order valence-corrected chi connectivity index (χ0v) is 33.7. The van der Waals surface area contributed by atoms with Gasteiger partial charge in [0.25, 0.3) is 0 Å². The summed E-state index contributed by atoms with van der Waals surface area (Å²) in [4.78, 5) is 2.33. The normalized spacial score (nSPS) is 13.1. The van der Waals surface area contributed by atoms with E-state index in [0.29, 0.717) is 6.54 Å². The average Bonchev–Trinajstić information content (AvgIpc) is 3.73. The van der Waals surface area contributed by atoms with Gasteiger partial charge >= 0.3 is 0 Å². The van der Waals surface area contributed by atoms with Crippen molar-refractivity contribution in [3.05, 3.63) is 211 Å². The van der Waals surface area contributed by atoms with Crippen LogP contribution in [0.3, 0.4) is 0 Å². The molecule has 284 valence electrons. The van der Waals surface area contributed by atoms with E-state index in [1.807, 2.05) is 12.1 Å². The predicted octanol–water partition coefficient (Wildman–Crippen LogP) is 15.4. The number of para-hydroxylation sites is 3. The van der Waals surface area contributed by atoms with E-state index in [2.05, 4.69) is 201 Å². The molecular formula is C58H42N2. The molecule has 0 bridgehead atoms. The standard InChI is InChI=1S/C58H42N2/c1-58(2)51-27-11-10-22-41(51)48-33-49-50(34-52(48)58)55(37-17-14-16-36(32-37)35-60(38-18-4-3-5-19-38)54-29-13-12-28-53(54)59)43-23-8-9-24-44(43)57(49)47-31-30-46-40-21-7-6-20-39(40)42-25-15-26-45(47)56(42)46/h3-34H,35,59H2,1-2H3. The second-order valence-corrected chi connectivity index (χ2v) is 17.0. The first-order chi connectivity index (χ1) is 29.5. The predicted molar refractivity (Wildman–Crippen MR) is 255 cm³/mol. The van der Waals surface area contributed by atoms with E-state index in [0.717, 1.165) is 17.1 Å². The van der Waals surface area contributed by atoms with Gasteiger partial charge in [-0.3, -0.25) is 0 Å². The highest BCUT2D eigenvalue weighted by Gasteiger charge is 2.36. The molecule has 2 aliphatic carbocycles. The Morgan fingerprint density at radius 2 is 1.02 bits per heavy atom. The largest absolute Gasteiger partial charge is 0.397 e. The number of nitrogen functional groups attached to an aromatic ring is 1. The van der Waals surface area contributed by atoms with Crippen LogP contribution < -0.4 is 10.6 Å². The molecule has 2 heteroatoms. The quantitative estimate of drug-likeness (QED) is 0.135. The van der Waals surface area contributed by atoms with Crippen LogP contribution in [-0.2, 0) is 12.0 Å². The van der Waals surface area contributed by atoms with Crippen LogP contribution >= 0.6 is 0 Å². The molecule has 2 nitrogen and oxygen atoms in total. The Kier molecular flexibility index (Phi) is 7.52. The molecule has 0 heterocycles. The van der Waals surface area contributed by atoms with Gasteiger partial charge in [-0.05, 0) is 147 Å². The van der Waals surface area contributed by atoms with Crippen molar-refractivity contribution in [1.29, 1.82) is 0 Å². The van der Waals surface area contributed by atoms with E-state index < -0.39 is 0 Å². The molecule has 0 amide bonds. The maximum atomic E-state index is 6.65. The lowest BCUT2D eigenvalue weighted by molar-refractivity contribution is 0.661. The molecule has 0 radical (unpaired) electrons. The fourth-order valence-corrected chi connectivity index (χ4v) is 10.7. The lowest BCUT2D eigenvalue weighted by Crippen LogP contribution is -2.17. The lowest BCUT2D eigenvalue weighted by atomic mass is 9.79. The van der Waals surface area contributed by atoms with Crippen molar-refractivity contribution in [3.8, 4) is 55.6 Å². The van der Waals surface area contributed by atoms with Crippen LogP contribution in [-0.4, -0.2) is 0 Å². The molecule has 0 unspecified atom stereocenters. The summed E-state index contributed by atoms with van der Waals surface area (Å²) in [7, 11) is 0. The Bertz CT molecular complexity index is 3360. The molecule has 0 spiro atoms. The SMILES string of the molecule is CC1(C)c2ccccc2-c2cc3c(-c4ccc5c6c(cccc46)-c4ccccc4-5)c4ccccc4c(-c4cccc(CN(c5ccccc5)c5ccccc5N)c4)c3cc21. The van der Waals surface area contributed by atoms with E-state index in [1.54, 1.807) is 0 Å². The van der Waals surface area contributed by atoms with Crippen molar-refractivity contribution in [2.75, 3.05) is 10.6 Å². The Hall–Kier alpha value is -7.42. The highest BCUT2D eigenvalue weighted by Crippen LogP contribution is 2.55. The summed E-state index contributed by atoms with van der Waals surface area (Å²) in [5, 5.41) is 7.71. The maximum absolute atomic E-state index is 6.65. The first-order valence-corrected chi connectivity index (χ1v) is 21.0. The smallest absolute Gasteiger partial charge is 0.0647 e. The van der Waals surface area contributed by atoms with Gasteiger partial charge in [0, 0.05) is 17.6 Å². The first kappa shape index (κ1) is 34.6. The van der Waals surface area contributed by atoms with Crippen molar-refractivity contribution >= 4 is 49.4 Å². The summed E-state index contributed by atoms with van der Waals surface area (Å²) in [6.45, 7) is 5.45. The fourth-order valence-electron chi connectivity index (χ4n) is 10.7. The molecule has 12 rings (SSSR count). The molecule has 0 fully saturated rings. The van der Waals surface area contributed by atoms with Crippen molar-refractivity contribution in [1.82, 2.24) is 0 Å². The third-order valence-corrected chi connectivity index (χ3v) is 13.4. The van der Waals surface area contributed by atoms with Crippen molar-refractivity contribution in [2.24, 2.45) is 0 Å². The zero-order valence-electron chi connectivity index (χ0n) is 33.7. The number of benzene rings is 10. The Morgan fingerprint density at radius 1 is 0.417 bits per heavy atom. The summed E-state index contributed by atoms with van der Waals surface area (Å²) in [5.74, 6) is 0. The van der Waals surface area contributed by atoms with Gasteiger partial charge in [0.2, 0.25) is 0 Å². The van der Waals surface area contributed by atoms with E-state index in [9.17, 15) is 0 Å². The lowest BCUT2D eigenvalue weighted by Gasteiger charge is -2.27. The Morgan fingerprint density at radius 3 is 1.82 bits per heavy atom. The number of anilines is 3. The number of hydrogen-bond acceptors (Lipinski definition) is 2. The number of rotatable bonds is 6. The molecule has 0 atom stereocenters. The van der Waals surface area contributed by atoms with Crippen molar-refractivity contribution < 1.29 is 0 Å². The fraction of sp³-hybridized carbons (Fsp3) is 0.0690. The van der Waals surface area contributed by atoms with Gasteiger partial charge in [0.1, 0.15) is 0 Å². The van der Waals surface area contributed by atoms with E-state index in [-0.39, 0.29) is 5.41 Å². The molecule has 0 saturated carbocycles. The summed E-state index contributed by atoms with van der Waals surface area (Å²) in [6, 6.07) is 71.6. The minimum atomic E-state index is -0.148. The van der Waals surface area contributed by atoms with Crippen LogP contribution in [0.15, 0.2) is 194 Å². The van der Waals surface area contributed by atoms with Gasteiger partial charge in [0.05, 0.1) is 11.4 Å². The molecule has 10 aromatic rings. The number of fused-ring (bicyclic) bond motifs is 8. The van der Waals surface area contributed by atoms with Crippen molar-refractivity contribution in [2.45, 2.75) is 25.8 Å². The minimum Gasteiger partial charge on any atom is -0.397 e. The van der Waals surface area contributed by atoms with Gasteiger partial charge in [-0.15, -0.1) is 0 Å². The van der Waals surface area contributed by atoms with E-state index in [1.165, 1.54) is 105 Å². The molecular weight excluding hydrogens is 725 g/mol. The Balaban J connectivity index is 1.14. The number of nitrogens with zero attached hydrogens (tertiary/aromatic N) is 1. The topological polar surface area (TPSA) is 29.3 Å². The third kappa shape index (κ3) is 5.01. The molecule has 10 aromatic carbocycles. The molecule has 2 aliphatic rings. The second kappa shape index (κ2) is 13.0. The molecule has 60 heavy (non-hydrogen) atoms. The summed E-state index contributed by atoms with van der Waals surface area (Å²) in [5.41, 5.74) is 26.3. The number of nitrogens with two attached hydrogens (primary N) is 1. The van der Waals surface area contributed by atoms with Gasteiger partial charge < -0.3 is 10.6 Å². The van der Waals surface area contributed by atoms with Gasteiger partial charge in [0.15, 0.2) is 0 Å². The molecule has 0 aromatic heterocycles. The van der Waals surface area contributed by atoms with Crippen LogP contribution in [0.1, 0.15) is 30.5 Å². The minimum absolute atomic E-state index is 0.148. The highest BCUT2D eigenvalue weighted by atomic mass is 15.1. The second-order valence-electron chi connectivity index (χ2n) is 17.0. The third-order valence-electron chi connectivity index (χ3n) is 13.4. The Labute approximate surface area is 350 Å². The van der Waals surface area contributed by atoms with Crippen LogP contribution in [0, 0.1) is 0 Å². The van der Waals surface area contributed by atoms with Crippen molar-refractivity contribution in [3.63, 3.8) is 0 Å². The van der Waals surface area contributed by atoms with Gasteiger partial charge in [-0.25, -0.2) is 0 Å². The van der Waals surface area contributed by atoms with Gasteiger partial charge in [-0.2, -0.15) is 0 Å². The highest BCUT2D eigenvalue weighted by molar-refractivity contribution is 6.27. The molecule has 0 saturated heterocycles. The van der Waals surface area contributed by atoms with Gasteiger partial charge in [-0.1, -0.05) is 166 Å². The zero-order chi connectivity index (χ0) is 40.1. The summed E-state index contributed by atoms with van der Waals surface area (Å²) < 4.78 is 0. The monoisotopic (exact) mass is 766 g/mol. The summed E-state index contributed by atoms with van der Waals surface area (Å²) in [6.07, 6.45) is 0. The van der Waals surface area contributed by atoms with Crippen LogP contribution in [0.25, 0.3) is 88.0 Å². The maximum Gasteiger partial charge on any atom is 0.0647 e. The van der Waals surface area contributed by atoms with Crippen LogP contribution in [0.2, 0.25) is 0 Å². The number of hydrogen-bond donors (Lipinski definition) is 1. The molecule has 2 N–H and O–H groups in total. The van der Waals surface area contributed by atoms with Crippen LogP contribution in [0.5, 0.6) is 0 Å². The van der Waals surface area contributed by atoms with E-state index >= 15 is 0 Å². The summed E-state index contributed by atoms with van der Waals surface area (Å²) >= 11 is 0. The average molecular weight is 767 g/mol. The first-order valence-electron chi connectivity index (χ1n) is 21.0. The van der Waals surface area contributed by atoms with E-state index in [4.69, 9.17) is 5.73 Å².